The maximum absolute atomic E-state index is 4.72. The predicted molar refractivity (Wildman–Crippen MR) is 104 cm³/mol. The Labute approximate surface area is 151 Å². The van der Waals surface area contributed by atoms with E-state index >= 15 is 0 Å². The average molecular weight is 338 g/mol. The summed E-state index contributed by atoms with van der Waals surface area (Å²) in [7, 11) is 2.19. The summed E-state index contributed by atoms with van der Waals surface area (Å²) >= 11 is 0. The van der Waals surface area contributed by atoms with Crippen molar-refractivity contribution in [2.75, 3.05) is 18.5 Å². The van der Waals surface area contributed by atoms with Gasteiger partial charge in [-0.15, -0.1) is 0 Å². The maximum Gasteiger partial charge on any atom is 0.0892 e. The topological polar surface area (TPSA) is 41.9 Å². The number of rotatable bonds is 1. The summed E-state index contributed by atoms with van der Waals surface area (Å²) < 4.78 is 0. The summed E-state index contributed by atoms with van der Waals surface area (Å²) in [6.07, 6.45) is 8.11. The van der Waals surface area contributed by atoms with Gasteiger partial charge in [0, 0.05) is 36.8 Å². The van der Waals surface area contributed by atoms with Gasteiger partial charge in [0.25, 0.3) is 0 Å². The summed E-state index contributed by atoms with van der Waals surface area (Å²) in [6.45, 7) is 1.12. The normalized spacial score (nSPS) is 17.2. The smallest absolute Gasteiger partial charge is 0.0892 e. The zero-order chi connectivity index (χ0) is 17.3. The highest BCUT2D eigenvalue weighted by molar-refractivity contribution is 5.94. The third-order valence-electron chi connectivity index (χ3n) is 5.99. The molecule has 0 radical (unpaired) electrons. The molecule has 26 heavy (non-hydrogen) atoms. The third kappa shape index (κ3) is 1.87. The molecule has 2 aromatic heterocycles. The molecule has 1 spiro atoms. The lowest BCUT2D eigenvalue weighted by Gasteiger charge is -2.12. The van der Waals surface area contributed by atoms with Gasteiger partial charge in [-0.05, 0) is 53.8 Å². The molecular formula is C22H18N4. The molecule has 126 valence electrons. The number of nitrogens with zero attached hydrogens (tertiary/aromatic N) is 4. The highest BCUT2D eigenvalue weighted by atomic mass is 15.2. The molecule has 4 aromatic rings. The van der Waals surface area contributed by atoms with Crippen molar-refractivity contribution in [3.05, 3.63) is 60.6 Å². The zero-order valence-electron chi connectivity index (χ0n) is 14.6. The van der Waals surface area contributed by atoms with Crippen LogP contribution in [0, 0.1) is 0 Å². The molecule has 0 amide bonds. The highest BCUT2D eigenvalue weighted by Gasteiger charge is 2.51. The fraction of sp³-hybridized carbons (Fsp3) is 0.227. The molecule has 4 nitrogen and oxygen atoms in total. The predicted octanol–water partition coefficient (Wildman–Crippen LogP) is 4.33. The first-order valence-corrected chi connectivity index (χ1v) is 9.09. The molecule has 3 heterocycles. The van der Waals surface area contributed by atoms with Gasteiger partial charge in [0.05, 0.1) is 28.4 Å². The first-order valence-electron chi connectivity index (χ1n) is 9.09. The van der Waals surface area contributed by atoms with Crippen LogP contribution in [0.4, 0.5) is 5.69 Å². The number of likely N-dealkylation sites (N-methyl/N-ethyl adjacent to an activating group) is 1. The van der Waals surface area contributed by atoms with E-state index in [1.54, 1.807) is 12.4 Å². The van der Waals surface area contributed by atoms with E-state index in [0.717, 1.165) is 23.1 Å². The van der Waals surface area contributed by atoms with E-state index in [1.807, 2.05) is 6.07 Å². The number of benzene rings is 2. The quantitative estimate of drug-likeness (QED) is 0.518. The molecule has 0 N–H and O–H groups in total. The van der Waals surface area contributed by atoms with E-state index in [1.165, 1.54) is 40.6 Å². The minimum absolute atomic E-state index is 0.360. The lowest BCUT2D eigenvalue weighted by molar-refractivity contribution is 0.735. The van der Waals surface area contributed by atoms with E-state index in [2.05, 4.69) is 58.4 Å². The molecule has 2 aromatic carbocycles. The molecule has 1 saturated carbocycles. The summed E-state index contributed by atoms with van der Waals surface area (Å²) in [5.41, 5.74) is 8.51. The maximum atomic E-state index is 4.72. The van der Waals surface area contributed by atoms with Crippen LogP contribution in [0.2, 0.25) is 0 Å². The fourth-order valence-corrected chi connectivity index (χ4v) is 4.53. The lowest BCUT2D eigenvalue weighted by atomic mass is 9.92. The van der Waals surface area contributed by atoms with Crippen molar-refractivity contribution in [3.8, 4) is 11.1 Å². The van der Waals surface area contributed by atoms with Crippen LogP contribution in [-0.4, -0.2) is 28.5 Å². The van der Waals surface area contributed by atoms with Crippen molar-refractivity contribution in [1.82, 2.24) is 15.0 Å². The van der Waals surface area contributed by atoms with Crippen LogP contribution >= 0.6 is 0 Å². The van der Waals surface area contributed by atoms with Crippen molar-refractivity contribution in [2.45, 2.75) is 18.3 Å². The van der Waals surface area contributed by atoms with Crippen molar-refractivity contribution in [3.63, 3.8) is 0 Å². The second-order valence-electron chi connectivity index (χ2n) is 7.65. The fourth-order valence-electron chi connectivity index (χ4n) is 4.53. The van der Waals surface area contributed by atoms with Gasteiger partial charge in [0.1, 0.15) is 0 Å². The second-order valence-corrected chi connectivity index (χ2v) is 7.65. The van der Waals surface area contributed by atoms with Gasteiger partial charge in [-0.25, -0.2) is 0 Å². The Morgan fingerprint density at radius 3 is 2.38 bits per heavy atom. The van der Waals surface area contributed by atoms with Crippen molar-refractivity contribution < 1.29 is 0 Å². The molecule has 1 aliphatic carbocycles. The van der Waals surface area contributed by atoms with E-state index in [9.17, 15) is 0 Å². The summed E-state index contributed by atoms with van der Waals surface area (Å²) in [5, 5.41) is 1.31. The number of hydrogen-bond acceptors (Lipinski definition) is 4. The lowest BCUT2D eigenvalue weighted by Crippen LogP contribution is -2.18. The Morgan fingerprint density at radius 2 is 1.58 bits per heavy atom. The Morgan fingerprint density at radius 1 is 0.846 bits per heavy atom. The molecule has 6 rings (SSSR count). The molecule has 1 fully saturated rings. The largest absolute Gasteiger partial charge is 0.372 e. The Balaban J connectivity index is 1.59. The summed E-state index contributed by atoms with van der Waals surface area (Å²) in [5.74, 6) is 0. The van der Waals surface area contributed by atoms with Crippen molar-refractivity contribution in [1.29, 1.82) is 0 Å². The monoisotopic (exact) mass is 338 g/mol. The van der Waals surface area contributed by atoms with Gasteiger partial charge >= 0.3 is 0 Å². The third-order valence-corrected chi connectivity index (χ3v) is 5.99. The highest BCUT2D eigenvalue weighted by Crippen LogP contribution is 2.57. The Kier molecular flexibility index (Phi) is 2.61. The van der Waals surface area contributed by atoms with Crippen LogP contribution in [0.3, 0.4) is 0 Å². The number of aromatic nitrogens is 3. The van der Waals surface area contributed by atoms with Crippen LogP contribution in [0.15, 0.2) is 55.0 Å². The number of fused-ring (bicyclic) bond motifs is 5. The second kappa shape index (κ2) is 4.79. The summed E-state index contributed by atoms with van der Waals surface area (Å²) in [6, 6.07) is 12.9. The molecule has 2 aliphatic rings. The SMILES string of the molecule is CN1CC2(CC2)c2c1cnc1ccc(-c3ccc4nccnc4c3)cc21. The van der Waals surface area contributed by atoms with Gasteiger partial charge in [-0.3, -0.25) is 15.0 Å². The van der Waals surface area contributed by atoms with Crippen LogP contribution in [0.25, 0.3) is 33.1 Å². The van der Waals surface area contributed by atoms with Crippen LogP contribution in [0.5, 0.6) is 0 Å². The van der Waals surface area contributed by atoms with Gasteiger partial charge in [0.2, 0.25) is 0 Å². The molecule has 0 bridgehead atoms. The number of pyridine rings is 1. The van der Waals surface area contributed by atoms with Gasteiger partial charge in [-0.1, -0.05) is 12.1 Å². The first kappa shape index (κ1) is 14.2. The number of hydrogen-bond donors (Lipinski definition) is 0. The summed E-state index contributed by atoms with van der Waals surface area (Å²) in [4.78, 5) is 15.9. The molecule has 4 heteroatoms. The molecule has 0 atom stereocenters. The Bertz CT molecular complexity index is 1190. The van der Waals surface area contributed by atoms with E-state index in [4.69, 9.17) is 4.98 Å². The molecular weight excluding hydrogens is 320 g/mol. The van der Waals surface area contributed by atoms with Gasteiger partial charge in [0.15, 0.2) is 0 Å². The van der Waals surface area contributed by atoms with Crippen molar-refractivity contribution >= 4 is 27.6 Å². The zero-order valence-corrected chi connectivity index (χ0v) is 14.6. The molecule has 0 unspecified atom stereocenters. The van der Waals surface area contributed by atoms with Gasteiger partial charge < -0.3 is 4.90 Å². The van der Waals surface area contributed by atoms with Crippen LogP contribution in [-0.2, 0) is 5.41 Å². The van der Waals surface area contributed by atoms with Gasteiger partial charge in [-0.2, -0.15) is 0 Å². The Hall–Kier alpha value is -3.01. The van der Waals surface area contributed by atoms with Crippen LogP contribution < -0.4 is 4.90 Å². The molecule has 1 aliphatic heterocycles. The van der Waals surface area contributed by atoms with E-state index in [-0.39, 0.29) is 0 Å². The van der Waals surface area contributed by atoms with E-state index < -0.39 is 0 Å². The van der Waals surface area contributed by atoms with Crippen LogP contribution in [0.1, 0.15) is 18.4 Å². The first-order chi connectivity index (χ1) is 12.7. The minimum Gasteiger partial charge on any atom is -0.372 e. The standard InChI is InChI=1S/C22H18N4/c1-26-13-22(6-7-22)21-16-10-14(2-4-17(16)25-12-20(21)26)15-3-5-18-19(11-15)24-9-8-23-18/h2-5,8-12H,6-7,13H2,1H3. The average Bonchev–Trinajstić information content (AvgIpc) is 3.39. The minimum atomic E-state index is 0.360. The van der Waals surface area contributed by atoms with E-state index in [0.29, 0.717) is 5.41 Å². The molecule has 0 saturated heterocycles. The van der Waals surface area contributed by atoms with Crippen molar-refractivity contribution in [2.24, 2.45) is 0 Å². The number of anilines is 1.